The minimum Gasteiger partial charge on any atom is -0.462 e. The van der Waals surface area contributed by atoms with Crippen molar-refractivity contribution in [1.29, 1.82) is 0 Å². The molecule has 0 aliphatic rings. The number of carbonyl (C=O) groups excluding carboxylic acids is 2. The molecule has 3 heterocycles. The van der Waals surface area contributed by atoms with Crippen molar-refractivity contribution in [3.8, 4) is 11.1 Å². The molecule has 0 fully saturated rings. The quantitative estimate of drug-likeness (QED) is 0.363. The smallest absolute Gasteiger partial charge is 0.352 e. The lowest BCUT2D eigenvalue weighted by molar-refractivity contribution is -0.117. The topological polar surface area (TPSA) is 108 Å². The first-order valence-electron chi connectivity index (χ1n) is 10.6. The Labute approximate surface area is 201 Å². The van der Waals surface area contributed by atoms with E-state index in [-0.39, 0.29) is 30.2 Å². The molecule has 2 aromatic carbocycles. The van der Waals surface area contributed by atoms with Crippen LogP contribution in [0.2, 0.25) is 0 Å². The summed E-state index contributed by atoms with van der Waals surface area (Å²) in [6.07, 6.45) is 1.36. The number of esters is 1. The number of anilines is 1. The van der Waals surface area contributed by atoms with Gasteiger partial charge < -0.3 is 10.1 Å². The summed E-state index contributed by atoms with van der Waals surface area (Å²) < 4.78 is 21.3. The van der Waals surface area contributed by atoms with Crippen molar-refractivity contribution in [2.24, 2.45) is 0 Å². The Morgan fingerprint density at radius 2 is 1.91 bits per heavy atom. The van der Waals surface area contributed by atoms with E-state index >= 15 is 0 Å². The number of halogens is 1. The molecule has 0 aliphatic heterocycles. The Morgan fingerprint density at radius 3 is 2.69 bits per heavy atom. The molecule has 0 spiro atoms. The van der Waals surface area contributed by atoms with E-state index in [0.717, 1.165) is 15.8 Å². The fraction of sp³-hybridized carbons (Fsp3) is 0.125. The highest BCUT2D eigenvalue weighted by Gasteiger charge is 2.19. The zero-order valence-corrected chi connectivity index (χ0v) is 19.2. The third-order valence-corrected chi connectivity index (χ3v) is 6.25. The summed E-state index contributed by atoms with van der Waals surface area (Å²) in [6, 6.07) is 12.5. The van der Waals surface area contributed by atoms with Gasteiger partial charge in [-0.15, -0.1) is 16.4 Å². The summed E-state index contributed by atoms with van der Waals surface area (Å²) in [5.74, 6) is -1.43. The predicted octanol–water partition coefficient (Wildman–Crippen LogP) is 3.73. The van der Waals surface area contributed by atoms with Crippen LogP contribution in [0.1, 0.15) is 17.3 Å². The average Bonchev–Trinajstić information content (AvgIpc) is 3.41. The van der Waals surface area contributed by atoms with Gasteiger partial charge in [0.15, 0.2) is 5.65 Å². The van der Waals surface area contributed by atoms with Crippen molar-refractivity contribution in [2.75, 3.05) is 11.9 Å². The van der Waals surface area contributed by atoms with E-state index in [2.05, 4.69) is 15.4 Å². The highest BCUT2D eigenvalue weighted by Crippen LogP contribution is 2.34. The first-order chi connectivity index (χ1) is 17.0. The Hall–Kier alpha value is -4.38. The van der Waals surface area contributed by atoms with E-state index in [1.54, 1.807) is 43.3 Å². The minimum atomic E-state index is -0.559. The summed E-state index contributed by atoms with van der Waals surface area (Å²) >= 11 is 1.35. The number of nitrogens with one attached hydrogen (secondary N) is 1. The number of aromatic nitrogens is 4. The number of amides is 1. The van der Waals surface area contributed by atoms with E-state index < -0.39 is 17.6 Å². The van der Waals surface area contributed by atoms with Crippen LogP contribution in [0.4, 0.5) is 10.1 Å². The number of carbonyl (C=O) groups is 2. The fourth-order valence-electron chi connectivity index (χ4n) is 3.68. The molecule has 0 saturated carbocycles. The Kier molecular flexibility index (Phi) is 5.83. The average molecular weight is 492 g/mol. The van der Waals surface area contributed by atoms with Gasteiger partial charge in [-0.2, -0.15) is 0 Å². The fourth-order valence-corrected chi connectivity index (χ4v) is 4.68. The molecule has 0 bridgehead atoms. The van der Waals surface area contributed by atoms with Crippen molar-refractivity contribution >= 4 is 44.8 Å². The molecular formula is C24H18FN5O4S. The Balaban J connectivity index is 1.45. The standard InChI is InChI=1S/C24H18FN5O4S/c1-2-34-23(32)16-5-3-4-6-18(16)27-19(31)11-30-24(33)29-13-26-20-17(12-35-21(20)22(29)28-30)14-7-9-15(25)10-8-14/h3-10,12-13H,2,11H2,1H3,(H,27,31). The highest BCUT2D eigenvalue weighted by atomic mass is 32.1. The SMILES string of the molecule is CCOC(=O)c1ccccc1NC(=O)Cn1nc2c3scc(-c4ccc(F)cc4)c3ncn2c1=O. The third kappa shape index (κ3) is 4.17. The van der Waals surface area contributed by atoms with E-state index in [1.807, 2.05) is 5.38 Å². The second kappa shape index (κ2) is 9.11. The normalized spacial score (nSPS) is 11.1. The zero-order chi connectivity index (χ0) is 24.5. The molecule has 0 atom stereocenters. The number of thiophene rings is 1. The van der Waals surface area contributed by atoms with Crippen molar-refractivity contribution in [1.82, 2.24) is 19.2 Å². The van der Waals surface area contributed by atoms with Gasteiger partial charge in [-0.25, -0.2) is 28.0 Å². The summed E-state index contributed by atoms with van der Waals surface area (Å²) in [5.41, 5.74) is 2.53. The molecule has 5 aromatic rings. The zero-order valence-electron chi connectivity index (χ0n) is 18.4. The molecule has 0 saturated heterocycles. The predicted molar refractivity (Wildman–Crippen MR) is 129 cm³/mol. The van der Waals surface area contributed by atoms with Crippen LogP contribution in [0, 0.1) is 5.82 Å². The molecule has 5 rings (SSSR count). The lowest BCUT2D eigenvalue weighted by Gasteiger charge is -2.10. The van der Waals surface area contributed by atoms with Crippen molar-refractivity contribution in [3.63, 3.8) is 0 Å². The number of para-hydroxylation sites is 1. The van der Waals surface area contributed by atoms with Crippen molar-refractivity contribution in [3.05, 3.63) is 82.1 Å². The van der Waals surface area contributed by atoms with Crippen molar-refractivity contribution in [2.45, 2.75) is 13.5 Å². The third-order valence-electron chi connectivity index (χ3n) is 5.29. The first kappa shape index (κ1) is 22.4. The van der Waals surface area contributed by atoms with Gasteiger partial charge in [-0.05, 0) is 36.8 Å². The first-order valence-corrected chi connectivity index (χ1v) is 11.5. The van der Waals surface area contributed by atoms with Gasteiger partial charge in [0, 0.05) is 10.9 Å². The number of rotatable bonds is 6. The number of hydrogen-bond donors (Lipinski definition) is 1. The van der Waals surface area contributed by atoms with Crippen LogP contribution >= 0.6 is 11.3 Å². The molecule has 0 unspecified atom stereocenters. The van der Waals surface area contributed by atoms with Crippen LogP contribution < -0.4 is 11.0 Å². The molecule has 11 heteroatoms. The van der Waals surface area contributed by atoms with Gasteiger partial charge in [-0.3, -0.25) is 4.79 Å². The molecule has 3 aromatic heterocycles. The molecular weight excluding hydrogens is 473 g/mol. The molecule has 1 amide bonds. The summed E-state index contributed by atoms with van der Waals surface area (Å²) in [5, 5.41) is 8.87. The van der Waals surface area contributed by atoms with Crippen molar-refractivity contribution < 1.29 is 18.7 Å². The number of ether oxygens (including phenoxy) is 1. The molecule has 176 valence electrons. The second-order valence-electron chi connectivity index (χ2n) is 7.53. The van der Waals surface area contributed by atoms with Crippen LogP contribution in [0.15, 0.2) is 65.0 Å². The lowest BCUT2D eigenvalue weighted by Crippen LogP contribution is -2.28. The van der Waals surface area contributed by atoms with E-state index in [0.29, 0.717) is 15.9 Å². The molecule has 0 radical (unpaired) electrons. The minimum absolute atomic E-state index is 0.200. The monoisotopic (exact) mass is 491 g/mol. The molecule has 1 N–H and O–H groups in total. The molecule has 35 heavy (non-hydrogen) atoms. The maximum absolute atomic E-state index is 13.3. The number of hydrogen-bond acceptors (Lipinski definition) is 7. The summed E-state index contributed by atoms with van der Waals surface area (Å²) in [7, 11) is 0. The maximum Gasteiger partial charge on any atom is 0.352 e. The van der Waals surface area contributed by atoms with Crippen LogP contribution in [0.5, 0.6) is 0 Å². The van der Waals surface area contributed by atoms with E-state index in [4.69, 9.17) is 4.74 Å². The van der Waals surface area contributed by atoms with Gasteiger partial charge in [0.1, 0.15) is 18.7 Å². The Bertz CT molecular complexity index is 1640. The molecule has 9 nitrogen and oxygen atoms in total. The number of benzene rings is 2. The van der Waals surface area contributed by atoms with Gasteiger partial charge in [0.2, 0.25) is 5.91 Å². The van der Waals surface area contributed by atoms with Gasteiger partial charge in [0.25, 0.3) is 0 Å². The summed E-state index contributed by atoms with van der Waals surface area (Å²) in [4.78, 5) is 42.1. The summed E-state index contributed by atoms with van der Waals surface area (Å²) in [6.45, 7) is 1.53. The largest absolute Gasteiger partial charge is 0.462 e. The number of fused-ring (bicyclic) bond motifs is 3. The van der Waals surface area contributed by atoms with Crippen LogP contribution in [-0.2, 0) is 16.1 Å². The highest BCUT2D eigenvalue weighted by molar-refractivity contribution is 7.18. The Morgan fingerprint density at radius 1 is 1.14 bits per heavy atom. The van der Waals surface area contributed by atoms with Gasteiger partial charge in [-0.1, -0.05) is 24.3 Å². The number of nitrogens with zero attached hydrogens (tertiary/aromatic N) is 4. The van der Waals surface area contributed by atoms with Gasteiger partial charge >= 0.3 is 11.7 Å². The second-order valence-corrected chi connectivity index (χ2v) is 8.41. The maximum atomic E-state index is 13.3. The van der Waals surface area contributed by atoms with Crippen LogP contribution in [0.3, 0.4) is 0 Å². The van der Waals surface area contributed by atoms with E-state index in [1.165, 1.54) is 34.2 Å². The lowest BCUT2D eigenvalue weighted by atomic mass is 10.1. The van der Waals surface area contributed by atoms with E-state index in [9.17, 15) is 18.8 Å². The molecule has 0 aliphatic carbocycles. The van der Waals surface area contributed by atoms with Crippen LogP contribution in [-0.4, -0.2) is 37.6 Å². The van der Waals surface area contributed by atoms with Crippen LogP contribution in [0.25, 0.3) is 27.0 Å². The van der Waals surface area contributed by atoms with Gasteiger partial charge in [0.05, 0.1) is 28.1 Å².